The van der Waals surface area contributed by atoms with E-state index in [9.17, 15) is 4.79 Å². The van der Waals surface area contributed by atoms with Crippen LogP contribution >= 0.6 is 35.6 Å². The number of benzene rings is 1. The highest BCUT2D eigenvalue weighted by Crippen LogP contribution is 2.10. The van der Waals surface area contributed by atoms with Crippen LogP contribution < -0.4 is 16.3 Å². The van der Waals surface area contributed by atoms with Crippen LogP contribution in [-0.2, 0) is 25.9 Å². The molecule has 0 aliphatic carbocycles. The predicted molar refractivity (Wildman–Crippen MR) is 124 cm³/mol. The molecule has 0 saturated heterocycles. The van der Waals surface area contributed by atoms with Gasteiger partial charge in [-0.3, -0.25) is 9.56 Å². The maximum absolute atomic E-state index is 12.3. The van der Waals surface area contributed by atoms with Crippen molar-refractivity contribution in [1.29, 1.82) is 0 Å². The van der Waals surface area contributed by atoms with Crippen molar-refractivity contribution in [3.05, 3.63) is 51.2 Å². The van der Waals surface area contributed by atoms with Gasteiger partial charge in [0, 0.05) is 44.7 Å². The molecule has 0 saturated carbocycles. The third-order valence-corrected chi connectivity index (χ3v) is 4.97. The summed E-state index contributed by atoms with van der Waals surface area (Å²) < 4.78 is 3.41. The zero-order valence-corrected chi connectivity index (χ0v) is 19.2. The Morgan fingerprint density at radius 2 is 1.96 bits per heavy atom. The summed E-state index contributed by atoms with van der Waals surface area (Å²) in [7, 11) is 1.76. The number of halogens is 2. The maximum Gasteiger partial charge on any atom is 0.345 e. The van der Waals surface area contributed by atoms with Crippen molar-refractivity contribution in [2.45, 2.75) is 45.2 Å². The summed E-state index contributed by atoms with van der Waals surface area (Å²) in [4.78, 5) is 16.5. The number of aromatic nitrogens is 3. The molecule has 9 heteroatoms. The standard InChI is InChI=1S/C19H27ClN6O.HI/c1-21-18(23-12-10-15-6-8-16(20)9-7-15)22-11-4-14-26-19(27)25-13-3-2-5-17(25)24-26;/h6-9H,2-5,10-14H2,1H3,(H2,21,22,23);1H. The molecule has 0 bridgehead atoms. The van der Waals surface area contributed by atoms with Gasteiger partial charge < -0.3 is 10.6 Å². The summed E-state index contributed by atoms with van der Waals surface area (Å²) in [5, 5.41) is 11.8. The number of rotatable bonds is 7. The largest absolute Gasteiger partial charge is 0.356 e. The van der Waals surface area contributed by atoms with E-state index in [4.69, 9.17) is 11.6 Å². The van der Waals surface area contributed by atoms with E-state index in [1.54, 1.807) is 11.7 Å². The van der Waals surface area contributed by atoms with Crippen molar-refractivity contribution in [1.82, 2.24) is 25.0 Å². The average molecular weight is 519 g/mol. The minimum Gasteiger partial charge on any atom is -0.356 e. The first kappa shape index (κ1) is 22.7. The normalized spacial score (nSPS) is 13.6. The Kier molecular flexibility index (Phi) is 9.30. The zero-order valence-electron chi connectivity index (χ0n) is 16.2. The zero-order chi connectivity index (χ0) is 19.1. The van der Waals surface area contributed by atoms with E-state index in [0.29, 0.717) is 6.54 Å². The van der Waals surface area contributed by atoms with Crippen LogP contribution in [0.15, 0.2) is 34.1 Å². The molecular formula is C19H28ClIN6O. The van der Waals surface area contributed by atoms with Gasteiger partial charge in [-0.2, -0.15) is 5.10 Å². The molecule has 0 amide bonds. The van der Waals surface area contributed by atoms with Crippen LogP contribution in [0.3, 0.4) is 0 Å². The van der Waals surface area contributed by atoms with Gasteiger partial charge in [0.2, 0.25) is 0 Å². The number of guanidine groups is 1. The Balaban J connectivity index is 0.00000280. The highest BCUT2D eigenvalue weighted by Gasteiger charge is 2.16. The van der Waals surface area contributed by atoms with Crippen molar-refractivity contribution < 1.29 is 0 Å². The lowest BCUT2D eigenvalue weighted by Crippen LogP contribution is -2.39. The summed E-state index contributed by atoms with van der Waals surface area (Å²) in [6.07, 6.45) is 4.81. The topological polar surface area (TPSA) is 76.2 Å². The van der Waals surface area contributed by atoms with E-state index in [2.05, 4.69) is 20.7 Å². The van der Waals surface area contributed by atoms with E-state index in [1.807, 2.05) is 28.8 Å². The summed E-state index contributed by atoms with van der Waals surface area (Å²) in [6, 6.07) is 7.87. The Hall–Kier alpha value is -1.55. The molecular weight excluding hydrogens is 491 g/mol. The summed E-state index contributed by atoms with van der Waals surface area (Å²) in [5.74, 6) is 1.69. The number of nitrogens with zero attached hydrogens (tertiary/aromatic N) is 4. The third kappa shape index (κ3) is 6.23. The van der Waals surface area contributed by atoms with E-state index in [0.717, 1.165) is 68.5 Å². The number of fused-ring (bicyclic) bond motifs is 1. The quantitative estimate of drug-likeness (QED) is 0.256. The molecule has 154 valence electrons. The molecule has 2 heterocycles. The highest BCUT2D eigenvalue weighted by molar-refractivity contribution is 14.0. The van der Waals surface area contributed by atoms with Crippen LogP contribution in [-0.4, -0.2) is 40.4 Å². The lowest BCUT2D eigenvalue weighted by molar-refractivity contribution is 0.509. The Labute approximate surface area is 187 Å². The highest BCUT2D eigenvalue weighted by atomic mass is 127. The first-order chi connectivity index (χ1) is 13.2. The number of nitrogens with one attached hydrogen (secondary N) is 2. The molecule has 0 atom stereocenters. The van der Waals surface area contributed by atoms with Gasteiger partial charge in [0.05, 0.1) is 0 Å². The number of hydrogen-bond acceptors (Lipinski definition) is 3. The van der Waals surface area contributed by atoms with E-state index < -0.39 is 0 Å². The monoisotopic (exact) mass is 518 g/mol. The lowest BCUT2D eigenvalue weighted by Gasteiger charge is -2.11. The van der Waals surface area contributed by atoms with Gasteiger partial charge in [-0.1, -0.05) is 23.7 Å². The predicted octanol–water partition coefficient (Wildman–Crippen LogP) is 2.45. The van der Waals surface area contributed by atoms with Gasteiger partial charge in [0.1, 0.15) is 5.82 Å². The fraction of sp³-hybridized carbons (Fsp3) is 0.526. The molecule has 0 radical (unpaired) electrons. The van der Waals surface area contributed by atoms with Crippen molar-refractivity contribution >= 4 is 41.5 Å². The Bertz CT molecular complexity index is 830. The second kappa shape index (κ2) is 11.5. The van der Waals surface area contributed by atoms with E-state index in [-0.39, 0.29) is 29.7 Å². The first-order valence-corrected chi connectivity index (χ1v) is 9.90. The molecule has 3 rings (SSSR count). The molecule has 1 aliphatic rings. The van der Waals surface area contributed by atoms with Gasteiger partial charge in [-0.15, -0.1) is 24.0 Å². The van der Waals surface area contributed by atoms with Crippen molar-refractivity contribution in [3.63, 3.8) is 0 Å². The molecule has 28 heavy (non-hydrogen) atoms. The summed E-state index contributed by atoms with van der Waals surface area (Å²) in [6.45, 7) is 2.94. The van der Waals surface area contributed by atoms with Crippen LogP contribution in [0.25, 0.3) is 0 Å². The summed E-state index contributed by atoms with van der Waals surface area (Å²) in [5.41, 5.74) is 1.25. The van der Waals surface area contributed by atoms with Crippen molar-refractivity contribution in [2.75, 3.05) is 20.1 Å². The smallest absolute Gasteiger partial charge is 0.345 e. The van der Waals surface area contributed by atoms with Crippen LogP contribution in [0.2, 0.25) is 5.02 Å². The minimum atomic E-state index is 0. The van der Waals surface area contributed by atoms with Crippen molar-refractivity contribution in [3.8, 4) is 0 Å². The Morgan fingerprint density at radius 1 is 1.21 bits per heavy atom. The number of aryl methyl sites for hydroxylation is 2. The molecule has 0 spiro atoms. The molecule has 0 fully saturated rings. The van der Waals surface area contributed by atoms with Gasteiger partial charge in [0.15, 0.2) is 5.96 Å². The molecule has 1 aromatic heterocycles. The van der Waals surface area contributed by atoms with Crippen LogP contribution in [0.4, 0.5) is 0 Å². The first-order valence-electron chi connectivity index (χ1n) is 9.53. The van der Waals surface area contributed by atoms with Gasteiger partial charge in [-0.25, -0.2) is 9.48 Å². The van der Waals surface area contributed by atoms with Crippen LogP contribution in [0.1, 0.15) is 30.7 Å². The SMILES string of the molecule is CN=C(NCCCn1nc2n(c1=O)CCCC2)NCCc1ccc(Cl)cc1.I. The summed E-state index contributed by atoms with van der Waals surface area (Å²) >= 11 is 5.90. The van der Waals surface area contributed by atoms with Gasteiger partial charge in [-0.05, 0) is 43.4 Å². The lowest BCUT2D eigenvalue weighted by atomic mass is 10.1. The van der Waals surface area contributed by atoms with E-state index in [1.165, 1.54) is 5.56 Å². The second-order valence-corrected chi connectivity index (χ2v) is 7.12. The minimum absolute atomic E-state index is 0. The van der Waals surface area contributed by atoms with Crippen molar-refractivity contribution in [2.24, 2.45) is 4.99 Å². The van der Waals surface area contributed by atoms with Gasteiger partial charge in [0.25, 0.3) is 0 Å². The third-order valence-electron chi connectivity index (χ3n) is 4.71. The second-order valence-electron chi connectivity index (χ2n) is 6.69. The average Bonchev–Trinajstić information content (AvgIpc) is 3.01. The number of aliphatic imine (C=N–C) groups is 1. The van der Waals surface area contributed by atoms with Crippen LogP contribution in [0.5, 0.6) is 0 Å². The fourth-order valence-electron chi connectivity index (χ4n) is 3.23. The molecule has 0 unspecified atom stereocenters. The van der Waals surface area contributed by atoms with Crippen LogP contribution in [0, 0.1) is 0 Å². The van der Waals surface area contributed by atoms with E-state index >= 15 is 0 Å². The molecule has 1 aromatic carbocycles. The molecule has 1 aliphatic heterocycles. The molecule has 2 N–H and O–H groups in total. The van der Waals surface area contributed by atoms with Gasteiger partial charge >= 0.3 is 5.69 Å². The maximum atomic E-state index is 12.3. The fourth-order valence-corrected chi connectivity index (χ4v) is 3.35. The Morgan fingerprint density at radius 3 is 2.68 bits per heavy atom. The molecule has 2 aromatic rings. The number of hydrogen-bond donors (Lipinski definition) is 2. The molecule has 7 nitrogen and oxygen atoms in total.